The lowest BCUT2D eigenvalue weighted by atomic mass is 9.78. The van der Waals surface area contributed by atoms with Crippen LogP contribution < -0.4 is 5.32 Å². The average Bonchev–Trinajstić information content (AvgIpc) is 3.31. The molecule has 4 heteroatoms. The van der Waals surface area contributed by atoms with Crippen molar-refractivity contribution >= 4 is 0 Å². The second kappa shape index (κ2) is 6.24. The summed E-state index contributed by atoms with van der Waals surface area (Å²) in [5, 5.41) is 13.4. The first-order valence-corrected chi connectivity index (χ1v) is 8.71. The van der Waals surface area contributed by atoms with Gasteiger partial charge in [0.1, 0.15) is 5.54 Å². The van der Waals surface area contributed by atoms with E-state index in [4.69, 9.17) is 0 Å². The van der Waals surface area contributed by atoms with Crippen molar-refractivity contribution in [2.75, 3.05) is 27.2 Å². The molecule has 1 saturated heterocycles. The molecule has 2 aliphatic carbocycles. The fraction of sp³-hybridized carbons (Fsp3) is 0.941. The van der Waals surface area contributed by atoms with Gasteiger partial charge in [-0.3, -0.25) is 5.32 Å². The third kappa shape index (κ3) is 3.59. The largest absolute Gasteiger partial charge is 0.306 e. The van der Waals surface area contributed by atoms with Crippen molar-refractivity contribution in [1.29, 1.82) is 5.26 Å². The molecule has 21 heavy (non-hydrogen) atoms. The molecule has 0 radical (unpaired) electrons. The molecule has 2 unspecified atom stereocenters. The third-order valence-corrected chi connectivity index (χ3v) is 5.74. The van der Waals surface area contributed by atoms with Crippen LogP contribution in [0.25, 0.3) is 0 Å². The first-order valence-electron chi connectivity index (χ1n) is 8.71. The van der Waals surface area contributed by atoms with Crippen molar-refractivity contribution in [1.82, 2.24) is 15.1 Å². The lowest BCUT2D eigenvalue weighted by Crippen LogP contribution is -2.55. The van der Waals surface area contributed by atoms with Gasteiger partial charge in [-0.1, -0.05) is 0 Å². The molecule has 0 bridgehead atoms. The Morgan fingerprint density at radius 1 is 1.14 bits per heavy atom. The third-order valence-electron chi connectivity index (χ3n) is 5.74. The van der Waals surface area contributed by atoms with Crippen LogP contribution in [0.15, 0.2) is 0 Å². The van der Waals surface area contributed by atoms with Gasteiger partial charge in [0.25, 0.3) is 0 Å². The maximum Gasteiger partial charge on any atom is 0.108 e. The Morgan fingerprint density at radius 2 is 1.86 bits per heavy atom. The number of nitrogens with zero attached hydrogens (tertiary/aromatic N) is 3. The second-order valence-corrected chi connectivity index (χ2v) is 7.59. The Hall–Kier alpha value is -0.630. The topological polar surface area (TPSA) is 42.3 Å². The number of nitrogens with one attached hydrogen (secondary N) is 1. The molecule has 0 amide bonds. The van der Waals surface area contributed by atoms with E-state index in [1.54, 1.807) is 0 Å². The highest BCUT2D eigenvalue weighted by Crippen LogP contribution is 2.35. The normalized spacial score (nSPS) is 35.8. The molecule has 1 N–H and O–H groups in total. The molecule has 0 aromatic heterocycles. The zero-order chi connectivity index (χ0) is 14.9. The standard InChI is InChI=1S/C17H30N4/c1-20(2)15-7-10-21(11-8-15)16-4-3-9-17(12-16,13-18)19-14-5-6-14/h14-16,19H,3-12H2,1-2H3. The molecule has 3 aliphatic rings. The van der Waals surface area contributed by atoms with Gasteiger partial charge < -0.3 is 9.80 Å². The van der Waals surface area contributed by atoms with Gasteiger partial charge in [0.15, 0.2) is 0 Å². The van der Waals surface area contributed by atoms with E-state index < -0.39 is 0 Å². The van der Waals surface area contributed by atoms with Crippen molar-refractivity contribution in [3.63, 3.8) is 0 Å². The van der Waals surface area contributed by atoms with Crippen LogP contribution in [0.1, 0.15) is 51.4 Å². The van der Waals surface area contributed by atoms with Gasteiger partial charge in [0.2, 0.25) is 0 Å². The SMILES string of the molecule is CN(C)C1CCN(C2CCCC(C#N)(NC3CC3)C2)CC1. The van der Waals surface area contributed by atoms with Crippen LogP contribution in [-0.4, -0.2) is 60.6 Å². The lowest BCUT2D eigenvalue weighted by Gasteiger charge is -2.45. The smallest absolute Gasteiger partial charge is 0.108 e. The Kier molecular flexibility index (Phi) is 4.54. The summed E-state index contributed by atoms with van der Waals surface area (Å²) in [6.45, 7) is 2.41. The minimum atomic E-state index is -0.234. The van der Waals surface area contributed by atoms with Gasteiger partial charge >= 0.3 is 0 Å². The summed E-state index contributed by atoms with van der Waals surface area (Å²) in [5.41, 5.74) is -0.234. The number of hydrogen-bond acceptors (Lipinski definition) is 4. The first-order chi connectivity index (χ1) is 10.1. The van der Waals surface area contributed by atoms with Gasteiger partial charge in [-0.05, 0) is 78.6 Å². The van der Waals surface area contributed by atoms with E-state index in [0.717, 1.165) is 18.9 Å². The predicted molar refractivity (Wildman–Crippen MR) is 85.0 cm³/mol. The van der Waals surface area contributed by atoms with Gasteiger partial charge in [-0.25, -0.2) is 0 Å². The summed E-state index contributed by atoms with van der Waals surface area (Å²) in [6, 6.07) is 4.63. The Balaban J connectivity index is 1.57. The van der Waals surface area contributed by atoms with Crippen LogP contribution in [0.5, 0.6) is 0 Å². The molecular formula is C17H30N4. The molecule has 1 heterocycles. The molecule has 2 atom stereocenters. The zero-order valence-corrected chi connectivity index (χ0v) is 13.6. The fourth-order valence-corrected chi connectivity index (χ4v) is 4.21. The number of likely N-dealkylation sites (tertiary alicyclic amines) is 1. The quantitative estimate of drug-likeness (QED) is 0.859. The molecule has 3 rings (SSSR count). The van der Waals surface area contributed by atoms with Crippen LogP contribution >= 0.6 is 0 Å². The highest BCUT2D eigenvalue weighted by molar-refractivity contribution is 5.13. The van der Waals surface area contributed by atoms with Gasteiger partial charge in [0.05, 0.1) is 6.07 Å². The molecule has 2 saturated carbocycles. The Morgan fingerprint density at radius 3 is 2.43 bits per heavy atom. The summed E-state index contributed by atoms with van der Waals surface area (Å²) in [5.74, 6) is 0. The summed E-state index contributed by atoms with van der Waals surface area (Å²) in [6.07, 6.45) is 9.65. The van der Waals surface area contributed by atoms with Crippen LogP contribution in [0.4, 0.5) is 0 Å². The molecule has 118 valence electrons. The highest BCUT2D eigenvalue weighted by Gasteiger charge is 2.42. The molecule has 3 fully saturated rings. The van der Waals surface area contributed by atoms with Gasteiger partial charge in [0, 0.05) is 18.1 Å². The Labute approximate surface area is 129 Å². The monoisotopic (exact) mass is 290 g/mol. The van der Waals surface area contributed by atoms with Crippen molar-refractivity contribution < 1.29 is 0 Å². The maximum absolute atomic E-state index is 9.71. The summed E-state index contributed by atoms with van der Waals surface area (Å²) < 4.78 is 0. The van der Waals surface area contributed by atoms with Gasteiger partial charge in [-0.2, -0.15) is 5.26 Å². The van der Waals surface area contributed by atoms with E-state index in [-0.39, 0.29) is 5.54 Å². The predicted octanol–water partition coefficient (Wildman–Crippen LogP) is 1.97. The number of rotatable bonds is 4. The van der Waals surface area contributed by atoms with Crippen LogP contribution in [0.2, 0.25) is 0 Å². The Bertz CT molecular complexity index is 390. The maximum atomic E-state index is 9.71. The van der Waals surface area contributed by atoms with Crippen molar-refractivity contribution in [2.24, 2.45) is 0 Å². The highest BCUT2D eigenvalue weighted by atomic mass is 15.2. The molecule has 4 nitrogen and oxygen atoms in total. The fourth-order valence-electron chi connectivity index (χ4n) is 4.21. The van der Waals surface area contributed by atoms with E-state index in [1.165, 1.54) is 51.6 Å². The first kappa shape index (κ1) is 15.3. The summed E-state index contributed by atoms with van der Waals surface area (Å²) in [7, 11) is 4.39. The molecule has 0 aromatic carbocycles. The summed E-state index contributed by atoms with van der Waals surface area (Å²) in [4.78, 5) is 5.03. The lowest BCUT2D eigenvalue weighted by molar-refractivity contribution is 0.0713. The van der Waals surface area contributed by atoms with Crippen molar-refractivity contribution in [2.45, 2.75) is 75.0 Å². The number of hydrogen-bond donors (Lipinski definition) is 1. The van der Waals surface area contributed by atoms with Gasteiger partial charge in [-0.15, -0.1) is 0 Å². The van der Waals surface area contributed by atoms with Crippen molar-refractivity contribution in [3.05, 3.63) is 0 Å². The van der Waals surface area contributed by atoms with E-state index in [2.05, 4.69) is 35.3 Å². The average molecular weight is 290 g/mol. The second-order valence-electron chi connectivity index (χ2n) is 7.59. The zero-order valence-electron chi connectivity index (χ0n) is 13.6. The minimum Gasteiger partial charge on any atom is -0.306 e. The van der Waals surface area contributed by atoms with E-state index >= 15 is 0 Å². The minimum absolute atomic E-state index is 0.234. The van der Waals surface area contributed by atoms with E-state index in [9.17, 15) is 5.26 Å². The van der Waals surface area contributed by atoms with Crippen LogP contribution in [-0.2, 0) is 0 Å². The van der Waals surface area contributed by atoms with E-state index in [0.29, 0.717) is 12.1 Å². The van der Waals surface area contributed by atoms with Crippen LogP contribution in [0.3, 0.4) is 0 Å². The van der Waals surface area contributed by atoms with Crippen LogP contribution in [0, 0.1) is 11.3 Å². The summed E-state index contributed by atoms with van der Waals surface area (Å²) >= 11 is 0. The van der Waals surface area contributed by atoms with E-state index in [1.807, 2.05) is 0 Å². The molecular weight excluding hydrogens is 260 g/mol. The molecule has 0 spiro atoms. The van der Waals surface area contributed by atoms with Crippen molar-refractivity contribution in [3.8, 4) is 6.07 Å². The number of nitriles is 1. The molecule has 0 aromatic rings. The number of piperidine rings is 1. The molecule has 1 aliphatic heterocycles.